The van der Waals surface area contributed by atoms with Gasteiger partial charge in [-0.05, 0) is 75.4 Å². The van der Waals surface area contributed by atoms with Crippen LogP contribution in [0.25, 0.3) is 22.6 Å². The summed E-state index contributed by atoms with van der Waals surface area (Å²) in [5.74, 6) is 0.929. The molecule has 7 heteroatoms. The summed E-state index contributed by atoms with van der Waals surface area (Å²) in [6.45, 7) is 12.3. The monoisotopic (exact) mass is 714 g/mol. The molecule has 0 aliphatic heterocycles. The number of H-pyrrole nitrogens is 1. The summed E-state index contributed by atoms with van der Waals surface area (Å²) in [6.07, 6.45) is 8.35. The standard InChI is InChI=1S/C27H30ClN4O.CH3.U/c1-15-13-18(28)11-12-19(15)23-16(2)25(26-30-20-9-7-8-10-21(20)31-26)29-17(3)24(23)22(14-33)32-27(4,5)6;;/h7-13,15,19,22,32H,1-6H3,(H,30,31);1H3;/q2*-1;+2/t15?,19?,22-;;/m1../s1. The second-order valence-electron chi connectivity index (χ2n) is 9.84. The number of hydrogen-bond acceptors (Lipinski definition) is 4. The molecule has 0 radical (unpaired) electrons. The number of carbonyl (C=O) groups excluding carboxylic acids is 1. The van der Waals surface area contributed by atoms with Crippen molar-refractivity contribution in [2.24, 2.45) is 5.92 Å². The molecular formula is C28H33ClN4OU. The summed E-state index contributed by atoms with van der Waals surface area (Å²) in [5.41, 5.74) is 6.13. The van der Waals surface area contributed by atoms with Gasteiger partial charge in [0.2, 0.25) is 0 Å². The number of halogens is 1. The molecule has 182 valence electrons. The average Bonchev–Trinajstić information content (AvgIpc) is 3.17. The van der Waals surface area contributed by atoms with E-state index in [1.54, 1.807) is 0 Å². The topological polar surface area (TPSA) is 70.7 Å². The van der Waals surface area contributed by atoms with E-state index >= 15 is 0 Å². The molecular weight excluding hydrogens is 682 g/mol. The van der Waals surface area contributed by atoms with E-state index in [0.29, 0.717) is 0 Å². The first-order valence-corrected chi connectivity index (χ1v) is 11.6. The van der Waals surface area contributed by atoms with Gasteiger partial charge in [-0.3, -0.25) is 0 Å². The quantitative estimate of drug-likeness (QED) is 0.291. The number of nitrogens with one attached hydrogen (secondary N) is 2. The Morgan fingerprint density at radius 1 is 1.17 bits per heavy atom. The van der Waals surface area contributed by atoms with Crippen LogP contribution in [0.3, 0.4) is 0 Å². The summed E-state index contributed by atoms with van der Waals surface area (Å²) < 4.78 is 0. The summed E-state index contributed by atoms with van der Waals surface area (Å²) in [5, 5.41) is 4.15. The van der Waals surface area contributed by atoms with Gasteiger partial charge in [0, 0.05) is 22.2 Å². The van der Waals surface area contributed by atoms with Crippen molar-refractivity contribution in [1.29, 1.82) is 0 Å². The van der Waals surface area contributed by atoms with Crippen molar-refractivity contribution >= 4 is 28.9 Å². The van der Waals surface area contributed by atoms with Gasteiger partial charge in [0.05, 0.1) is 11.0 Å². The third kappa shape index (κ3) is 6.17. The van der Waals surface area contributed by atoms with Gasteiger partial charge in [-0.15, -0.1) is 0 Å². The molecule has 0 amide bonds. The molecule has 0 saturated carbocycles. The molecule has 2 N–H and O–H groups in total. The van der Waals surface area contributed by atoms with E-state index in [9.17, 15) is 4.79 Å². The minimum Gasteiger partial charge on any atom is -0.540 e. The Morgan fingerprint density at radius 2 is 1.86 bits per heavy atom. The molecule has 5 nitrogen and oxygen atoms in total. The van der Waals surface area contributed by atoms with E-state index in [1.165, 1.54) is 0 Å². The molecule has 1 aromatic carbocycles. The molecule has 3 atom stereocenters. The van der Waals surface area contributed by atoms with E-state index in [4.69, 9.17) is 21.6 Å². The number of aromatic amines is 1. The molecule has 0 fully saturated rings. The molecule has 0 spiro atoms. The molecule has 1 aliphatic carbocycles. The second kappa shape index (κ2) is 11.6. The number of rotatable bonds is 5. The Morgan fingerprint density at radius 3 is 2.46 bits per heavy atom. The maximum atomic E-state index is 12.2. The van der Waals surface area contributed by atoms with Crippen molar-refractivity contribution in [1.82, 2.24) is 20.3 Å². The number of aryl methyl sites for hydroxylation is 1. The summed E-state index contributed by atoms with van der Waals surface area (Å²) in [6, 6.07) is 7.35. The van der Waals surface area contributed by atoms with Crippen LogP contribution in [-0.4, -0.2) is 26.8 Å². The first kappa shape index (κ1) is 29.5. The van der Waals surface area contributed by atoms with Gasteiger partial charge in [-0.25, -0.2) is 16.3 Å². The second-order valence-corrected chi connectivity index (χ2v) is 10.3. The number of pyridine rings is 1. The van der Waals surface area contributed by atoms with E-state index in [-0.39, 0.29) is 55.9 Å². The number of imidazole rings is 1. The van der Waals surface area contributed by atoms with Gasteiger partial charge >= 0.3 is 31.1 Å². The number of hydrogen-bond donors (Lipinski definition) is 2. The fraction of sp³-hybridized carbons (Fsp3) is 0.357. The van der Waals surface area contributed by atoms with Crippen molar-refractivity contribution in [3.63, 3.8) is 0 Å². The third-order valence-electron chi connectivity index (χ3n) is 6.10. The van der Waals surface area contributed by atoms with Gasteiger partial charge in [-0.2, -0.15) is 0 Å². The van der Waals surface area contributed by atoms with Crippen molar-refractivity contribution in [2.45, 2.75) is 59.0 Å². The molecule has 35 heavy (non-hydrogen) atoms. The summed E-state index contributed by atoms with van der Waals surface area (Å²) in [7, 11) is 0. The third-order valence-corrected chi connectivity index (χ3v) is 6.35. The Hall–Kier alpha value is -1.71. The number of para-hydroxylation sites is 2. The van der Waals surface area contributed by atoms with E-state index < -0.39 is 6.04 Å². The number of benzene rings is 1. The van der Waals surface area contributed by atoms with Crippen molar-refractivity contribution in [3.8, 4) is 11.5 Å². The molecule has 1 aliphatic rings. The van der Waals surface area contributed by atoms with Gasteiger partial charge in [0.15, 0.2) is 5.82 Å². The predicted octanol–water partition coefficient (Wildman–Crippen LogP) is 6.64. The number of nitrogens with zero attached hydrogens (tertiary/aromatic N) is 2. The summed E-state index contributed by atoms with van der Waals surface area (Å²) >= 11 is 6.30. The Balaban J connectivity index is 0.00000216. The Labute approximate surface area is 237 Å². The zero-order chi connectivity index (χ0) is 23.9. The Kier molecular flexibility index (Phi) is 9.75. The molecule has 4 rings (SSSR count). The van der Waals surface area contributed by atoms with Gasteiger partial charge in [-0.1, -0.05) is 48.9 Å². The Bertz CT molecular complexity index is 1240. The molecule has 2 aromatic heterocycles. The molecule has 0 saturated heterocycles. The number of aromatic nitrogens is 3. The van der Waals surface area contributed by atoms with Crippen molar-refractivity contribution in [2.75, 3.05) is 0 Å². The first-order valence-electron chi connectivity index (χ1n) is 11.3. The van der Waals surface area contributed by atoms with Crippen molar-refractivity contribution < 1.29 is 35.9 Å². The van der Waals surface area contributed by atoms with Crippen LogP contribution in [0.4, 0.5) is 0 Å². The zero-order valence-electron chi connectivity index (χ0n) is 21.5. The molecule has 2 heterocycles. The van der Waals surface area contributed by atoms with Crippen LogP contribution in [0.15, 0.2) is 47.5 Å². The van der Waals surface area contributed by atoms with E-state index in [1.807, 2.05) is 58.0 Å². The largest absolute Gasteiger partial charge is 2.00 e. The van der Waals surface area contributed by atoms with E-state index in [0.717, 1.165) is 50.0 Å². The maximum Gasteiger partial charge on any atom is 2.00 e. The fourth-order valence-electron chi connectivity index (χ4n) is 4.66. The molecule has 3 aromatic rings. The van der Waals surface area contributed by atoms with Crippen LogP contribution < -0.4 is 5.32 Å². The predicted molar refractivity (Wildman–Crippen MR) is 142 cm³/mol. The molecule has 0 bridgehead atoms. The molecule has 2 unspecified atom stereocenters. The SMILES string of the molecule is Cc1nc(-c2nc3ccccc3[nH]2)c(C)c(C2C=CC(Cl)=CC2C)c1[C@@H]([C-]=O)NC(C)(C)C.[CH3-].[U+2]. The number of allylic oxidation sites excluding steroid dienone is 4. The van der Waals surface area contributed by atoms with Crippen LogP contribution in [0, 0.1) is 58.3 Å². The fourth-order valence-corrected chi connectivity index (χ4v) is 4.93. The zero-order valence-corrected chi connectivity index (χ0v) is 26.4. The first-order chi connectivity index (χ1) is 15.6. The van der Waals surface area contributed by atoms with Crippen LogP contribution in [-0.2, 0) is 4.79 Å². The van der Waals surface area contributed by atoms with Crippen LogP contribution >= 0.6 is 11.6 Å². The van der Waals surface area contributed by atoms with Gasteiger partial charge in [0.1, 0.15) is 5.69 Å². The van der Waals surface area contributed by atoms with Gasteiger partial charge in [0.25, 0.3) is 0 Å². The van der Waals surface area contributed by atoms with Crippen molar-refractivity contribution in [3.05, 3.63) is 77.3 Å². The number of fused-ring (bicyclic) bond motifs is 1. The van der Waals surface area contributed by atoms with Gasteiger partial charge < -0.3 is 22.5 Å². The van der Waals surface area contributed by atoms with Crippen LogP contribution in [0.5, 0.6) is 0 Å². The average molecular weight is 715 g/mol. The van der Waals surface area contributed by atoms with Crippen LogP contribution in [0.2, 0.25) is 0 Å². The van der Waals surface area contributed by atoms with Crippen LogP contribution in [0.1, 0.15) is 62.0 Å². The maximum absolute atomic E-state index is 12.2. The summed E-state index contributed by atoms with van der Waals surface area (Å²) in [4.78, 5) is 25.4. The minimum atomic E-state index is -0.599. The minimum absolute atomic E-state index is 0. The normalized spacial score (nSPS) is 18.4. The smallest absolute Gasteiger partial charge is 0.540 e. The van der Waals surface area contributed by atoms with E-state index in [2.05, 4.69) is 42.6 Å².